The summed E-state index contributed by atoms with van der Waals surface area (Å²) < 4.78 is 5.47. The lowest BCUT2D eigenvalue weighted by Crippen LogP contribution is -2.36. The average molecular weight is 400 g/mol. The van der Waals surface area contributed by atoms with Crippen LogP contribution in [0, 0.1) is 13.8 Å². The van der Waals surface area contributed by atoms with E-state index in [1.807, 2.05) is 32.0 Å². The Hall–Kier alpha value is -2.38. The van der Waals surface area contributed by atoms with E-state index in [4.69, 9.17) is 4.74 Å². The molecule has 28 heavy (non-hydrogen) atoms. The van der Waals surface area contributed by atoms with E-state index in [2.05, 4.69) is 29.3 Å². The molecule has 1 fully saturated rings. The molecule has 1 saturated heterocycles. The van der Waals surface area contributed by atoms with Gasteiger partial charge in [-0.25, -0.2) is 4.79 Å². The Bertz CT molecular complexity index is 953. The maximum absolute atomic E-state index is 12.1. The Morgan fingerprint density at radius 1 is 1.14 bits per heavy atom. The van der Waals surface area contributed by atoms with Crippen LogP contribution in [-0.4, -0.2) is 51.5 Å². The fourth-order valence-electron chi connectivity index (χ4n) is 3.80. The predicted octanol–water partition coefficient (Wildman–Crippen LogP) is 4.11. The molecule has 0 bridgehead atoms. The molecule has 0 aliphatic carbocycles. The zero-order chi connectivity index (χ0) is 20.0. The second-order valence-corrected chi connectivity index (χ2v) is 8.51. The normalized spacial score (nSPS) is 15.5. The van der Waals surface area contributed by atoms with Gasteiger partial charge in [0.05, 0.1) is 40.7 Å². The lowest BCUT2D eigenvalue weighted by Gasteiger charge is -2.32. The van der Waals surface area contributed by atoms with Crippen LogP contribution in [0.2, 0.25) is 0 Å². The number of carboxylic acids is 1. The van der Waals surface area contributed by atoms with E-state index in [1.54, 1.807) is 11.8 Å². The molecule has 2 N–H and O–H groups in total. The molecule has 4 rings (SSSR count). The van der Waals surface area contributed by atoms with Gasteiger partial charge in [-0.3, -0.25) is 0 Å². The standard InChI is InChI=1S/C21H25N3O3S/c1-12-9-14(24-5-7-27-8-6-24)11-16-18(12)22-19-13(2)10-15(23(3)4)17(21(25)26)20(19)28-16/h9-11,22H,5-8H2,1-4H3,(H,25,26). The molecule has 0 radical (unpaired) electrons. The van der Waals surface area contributed by atoms with Crippen LogP contribution in [0.1, 0.15) is 21.5 Å². The SMILES string of the molecule is Cc1cc(N2CCOCC2)cc2c1Nc1c(C)cc(N(C)C)c(C(=O)O)c1S2. The number of ether oxygens (including phenoxy) is 1. The van der Waals surface area contributed by atoms with Crippen LogP contribution in [0.4, 0.5) is 22.7 Å². The number of hydrogen-bond acceptors (Lipinski definition) is 6. The summed E-state index contributed by atoms with van der Waals surface area (Å²) >= 11 is 1.55. The van der Waals surface area contributed by atoms with Crippen LogP contribution in [0.15, 0.2) is 28.0 Å². The summed E-state index contributed by atoms with van der Waals surface area (Å²) in [5.41, 5.74) is 6.39. The molecule has 0 spiro atoms. The van der Waals surface area contributed by atoms with Crippen molar-refractivity contribution >= 4 is 40.5 Å². The highest BCUT2D eigenvalue weighted by molar-refractivity contribution is 7.99. The molecule has 7 heteroatoms. The Morgan fingerprint density at radius 3 is 2.46 bits per heavy atom. The maximum atomic E-state index is 12.1. The highest BCUT2D eigenvalue weighted by atomic mass is 32.2. The van der Waals surface area contributed by atoms with Crippen molar-refractivity contribution in [1.29, 1.82) is 0 Å². The third kappa shape index (κ3) is 3.18. The molecule has 6 nitrogen and oxygen atoms in total. The van der Waals surface area contributed by atoms with Crippen LogP contribution in [-0.2, 0) is 4.74 Å². The van der Waals surface area contributed by atoms with Gasteiger partial charge >= 0.3 is 5.97 Å². The number of rotatable bonds is 3. The van der Waals surface area contributed by atoms with Gasteiger partial charge in [-0.05, 0) is 43.2 Å². The zero-order valence-electron chi connectivity index (χ0n) is 16.6. The first kappa shape index (κ1) is 19.0. The summed E-state index contributed by atoms with van der Waals surface area (Å²) in [7, 11) is 3.76. The van der Waals surface area contributed by atoms with Crippen molar-refractivity contribution in [2.24, 2.45) is 0 Å². The molecule has 2 aromatic carbocycles. The minimum absolute atomic E-state index is 0.350. The number of aryl methyl sites for hydroxylation is 2. The van der Waals surface area contributed by atoms with Gasteiger partial charge in [0.25, 0.3) is 0 Å². The Morgan fingerprint density at radius 2 is 1.82 bits per heavy atom. The number of nitrogens with zero attached hydrogens (tertiary/aromatic N) is 2. The lowest BCUT2D eigenvalue weighted by atomic mass is 10.0. The topological polar surface area (TPSA) is 65.0 Å². The van der Waals surface area contributed by atoms with Crippen molar-refractivity contribution in [2.45, 2.75) is 23.6 Å². The van der Waals surface area contributed by atoms with E-state index in [1.165, 1.54) is 0 Å². The number of nitrogens with one attached hydrogen (secondary N) is 1. The van der Waals surface area contributed by atoms with Crippen LogP contribution >= 0.6 is 11.8 Å². The van der Waals surface area contributed by atoms with Gasteiger partial charge in [0, 0.05) is 37.8 Å². The zero-order valence-corrected chi connectivity index (χ0v) is 17.4. The van der Waals surface area contributed by atoms with Gasteiger partial charge in [-0.2, -0.15) is 0 Å². The first-order valence-electron chi connectivity index (χ1n) is 9.37. The van der Waals surface area contributed by atoms with E-state index in [-0.39, 0.29) is 0 Å². The maximum Gasteiger partial charge on any atom is 0.339 e. The van der Waals surface area contributed by atoms with Crippen LogP contribution in [0.25, 0.3) is 0 Å². The van der Waals surface area contributed by atoms with Gasteiger partial charge in [-0.1, -0.05) is 11.8 Å². The fraction of sp³-hybridized carbons (Fsp3) is 0.381. The predicted molar refractivity (Wildman–Crippen MR) is 114 cm³/mol. The fourth-order valence-corrected chi connectivity index (χ4v) is 5.12. The number of carbonyl (C=O) groups is 1. The third-order valence-corrected chi connectivity index (χ3v) is 6.43. The summed E-state index contributed by atoms with van der Waals surface area (Å²) in [6.07, 6.45) is 0. The molecule has 2 aromatic rings. The third-order valence-electron chi connectivity index (χ3n) is 5.28. The molecule has 2 aliphatic rings. The summed E-state index contributed by atoms with van der Waals surface area (Å²) in [6.45, 7) is 7.34. The van der Waals surface area contributed by atoms with Crippen LogP contribution in [0.3, 0.4) is 0 Å². The summed E-state index contributed by atoms with van der Waals surface area (Å²) in [4.78, 5) is 18.1. The van der Waals surface area contributed by atoms with Crippen molar-refractivity contribution in [3.8, 4) is 0 Å². The Kier molecular flexibility index (Phi) is 4.89. The molecule has 2 aliphatic heterocycles. The molecule has 2 heterocycles. The second-order valence-electron chi connectivity index (χ2n) is 7.45. The largest absolute Gasteiger partial charge is 0.478 e. The summed E-state index contributed by atoms with van der Waals surface area (Å²) in [6, 6.07) is 6.31. The number of carboxylic acid groups (broad SMARTS) is 1. The van der Waals surface area contributed by atoms with E-state index in [9.17, 15) is 9.90 Å². The van der Waals surface area contributed by atoms with Crippen LogP contribution in [0.5, 0.6) is 0 Å². The van der Waals surface area contributed by atoms with Crippen molar-refractivity contribution in [2.75, 3.05) is 55.5 Å². The number of hydrogen-bond donors (Lipinski definition) is 2. The number of benzene rings is 2. The van der Waals surface area contributed by atoms with Gasteiger partial charge in [0.2, 0.25) is 0 Å². The number of anilines is 4. The van der Waals surface area contributed by atoms with Crippen molar-refractivity contribution in [3.05, 3.63) is 34.9 Å². The van der Waals surface area contributed by atoms with Gasteiger partial charge in [0.1, 0.15) is 0 Å². The van der Waals surface area contributed by atoms with E-state index >= 15 is 0 Å². The van der Waals surface area contributed by atoms with Crippen molar-refractivity contribution < 1.29 is 14.6 Å². The van der Waals surface area contributed by atoms with Crippen molar-refractivity contribution in [3.63, 3.8) is 0 Å². The van der Waals surface area contributed by atoms with Crippen molar-refractivity contribution in [1.82, 2.24) is 0 Å². The average Bonchev–Trinajstić information content (AvgIpc) is 2.67. The molecule has 148 valence electrons. The first-order chi connectivity index (χ1) is 13.4. The summed E-state index contributed by atoms with van der Waals surface area (Å²) in [5.74, 6) is -0.904. The highest BCUT2D eigenvalue weighted by Gasteiger charge is 2.28. The summed E-state index contributed by atoms with van der Waals surface area (Å²) in [5, 5.41) is 13.5. The number of morpholine rings is 1. The van der Waals surface area contributed by atoms with E-state index in [0.29, 0.717) is 5.56 Å². The first-order valence-corrected chi connectivity index (χ1v) is 10.2. The monoisotopic (exact) mass is 399 g/mol. The molecule has 0 unspecified atom stereocenters. The minimum atomic E-state index is -0.904. The van der Waals surface area contributed by atoms with Gasteiger partial charge < -0.3 is 25.0 Å². The molecular weight excluding hydrogens is 374 g/mol. The highest BCUT2D eigenvalue weighted by Crippen LogP contribution is 2.51. The van der Waals surface area contributed by atoms with Gasteiger partial charge in [0.15, 0.2) is 0 Å². The van der Waals surface area contributed by atoms with Crippen LogP contribution < -0.4 is 15.1 Å². The smallest absolute Gasteiger partial charge is 0.339 e. The molecule has 0 aromatic heterocycles. The molecule has 0 amide bonds. The Labute approximate surface area is 169 Å². The van der Waals surface area contributed by atoms with E-state index in [0.717, 1.165) is 70.0 Å². The number of aromatic carboxylic acids is 1. The lowest BCUT2D eigenvalue weighted by molar-refractivity contribution is 0.0694. The Balaban J connectivity index is 1.82. The second kappa shape index (κ2) is 7.22. The number of fused-ring (bicyclic) bond motifs is 2. The van der Waals surface area contributed by atoms with Gasteiger partial charge in [-0.15, -0.1) is 0 Å². The van der Waals surface area contributed by atoms with E-state index < -0.39 is 5.97 Å². The minimum Gasteiger partial charge on any atom is -0.478 e. The molecule has 0 atom stereocenters. The molecule has 0 saturated carbocycles. The quantitative estimate of drug-likeness (QED) is 0.687. The molecular formula is C21H25N3O3S.